The van der Waals surface area contributed by atoms with Crippen LogP contribution in [0.4, 0.5) is 8.78 Å². The molecule has 2 fully saturated rings. The number of nitrogens with one attached hydrogen (secondary N) is 2. The molecule has 0 aliphatic carbocycles. The van der Waals surface area contributed by atoms with Crippen LogP contribution in [0.15, 0.2) is 36.7 Å². The molecule has 0 saturated carbocycles. The number of carbonyl (C=O) groups is 1. The largest absolute Gasteiger partial charge is 0.461 e. The van der Waals surface area contributed by atoms with Crippen LogP contribution in [0.2, 0.25) is 0 Å². The van der Waals surface area contributed by atoms with Crippen molar-refractivity contribution in [2.75, 3.05) is 40.3 Å². The number of hydrogen-bond donors (Lipinski definition) is 2. The summed E-state index contributed by atoms with van der Waals surface area (Å²) in [6.07, 6.45) is 6.01. The van der Waals surface area contributed by atoms with Crippen molar-refractivity contribution in [2.24, 2.45) is 0 Å². The zero-order valence-corrected chi connectivity index (χ0v) is 29.5. The molecule has 3 aliphatic heterocycles. The smallest absolute Gasteiger partial charge is 0.317 e. The fourth-order valence-corrected chi connectivity index (χ4v) is 8.63. The summed E-state index contributed by atoms with van der Waals surface area (Å²) in [7, 11) is 3.35. The molecule has 12 nitrogen and oxygen atoms in total. The van der Waals surface area contributed by atoms with Gasteiger partial charge >= 0.3 is 6.01 Å². The minimum Gasteiger partial charge on any atom is -0.461 e. The summed E-state index contributed by atoms with van der Waals surface area (Å²) in [5.74, 6) is -0.949. The number of carbonyl (C=O) groups excluding carboxylic acids is 1. The number of fused-ring (bicyclic) bond motifs is 5. The highest BCUT2D eigenvalue weighted by Gasteiger charge is 2.49. The first kappa shape index (κ1) is 32.8. The van der Waals surface area contributed by atoms with Crippen molar-refractivity contribution in [3.05, 3.63) is 59.4 Å². The Bertz CT molecular complexity index is 2390. The number of benzene rings is 2. The van der Waals surface area contributed by atoms with Gasteiger partial charge in [-0.3, -0.25) is 24.5 Å². The lowest BCUT2D eigenvalue weighted by Gasteiger charge is -2.30. The van der Waals surface area contributed by atoms with E-state index in [1.165, 1.54) is 4.90 Å². The maximum absolute atomic E-state index is 17.5. The Labute approximate surface area is 298 Å². The second-order valence-corrected chi connectivity index (χ2v) is 14.5. The van der Waals surface area contributed by atoms with Gasteiger partial charge in [0.05, 0.1) is 34.2 Å². The maximum atomic E-state index is 17.5. The summed E-state index contributed by atoms with van der Waals surface area (Å²) in [6.45, 7) is 5.22. The van der Waals surface area contributed by atoms with Crippen LogP contribution in [0.1, 0.15) is 54.4 Å². The Morgan fingerprint density at radius 1 is 1.12 bits per heavy atom. The number of pyridine rings is 1. The predicted molar refractivity (Wildman–Crippen MR) is 193 cm³/mol. The summed E-state index contributed by atoms with van der Waals surface area (Å²) in [5, 5.41) is 18.5. The van der Waals surface area contributed by atoms with Gasteiger partial charge in [0.15, 0.2) is 11.5 Å². The molecular formula is C38H40F2N10O2. The van der Waals surface area contributed by atoms with E-state index in [2.05, 4.69) is 27.3 Å². The van der Waals surface area contributed by atoms with E-state index in [-0.39, 0.29) is 35.4 Å². The van der Waals surface area contributed by atoms with Crippen molar-refractivity contribution in [3.63, 3.8) is 0 Å². The van der Waals surface area contributed by atoms with E-state index in [0.29, 0.717) is 48.3 Å². The van der Waals surface area contributed by atoms with Crippen LogP contribution in [0.3, 0.4) is 0 Å². The highest BCUT2D eigenvalue weighted by Crippen LogP contribution is 2.43. The van der Waals surface area contributed by atoms with Crippen molar-refractivity contribution in [1.82, 2.24) is 50.0 Å². The average Bonchev–Trinajstić information content (AvgIpc) is 3.88. The van der Waals surface area contributed by atoms with Crippen LogP contribution < -0.4 is 10.1 Å². The van der Waals surface area contributed by atoms with Gasteiger partial charge in [-0.1, -0.05) is 25.1 Å². The minimum atomic E-state index is -0.938. The molecule has 0 unspecified atom stereocenters. The summed E-state index contributed by atoms with van der Waals surface area (Å²) < 4.78 is 40.5. The Hall–Kier alpha value is -5.08. The van der Waals surface area contributed by atoms with E-state index in [1.807, 2.05) is 28.9 Å². The molecule has 14 heteroatoms. The first-order chi connectivity index (χ1) is 25.3. The monoisotopic (exact) mass is 706 g/mol. The SMILES string of the molecule is CCc1cccc2cc3[nH]ncc3c(-c3ncc4c(-c5c(C(=O)N(C)C)nn6c5CNCCC6)nc(OC[C@@]56CCCN5C[C@H](F)C6)nc4c3F)c12. The molecule has 1 amide bonds. The fraction of sp³-hybridized carbons (Fsp3) is 0.421. The van der Waals surface area contributed by atoms with Gasteiger partial charge in [-0.15, -0.1) is 0 Å². The predicted octanol–water partition coefficient (Wildman–Crippen LogP) is 5.44. The van der Waals surface area contributed by atoms with Gasteiger partial charge in [-0.2, -0.15) is 20.2 Å². The van der Waals surface area contributed by atoms with E-state index in [0.717, 1.165) is 71.7 Å². The van der Waals surface area contributed by atoms with Crippen molar-refractivity contribution >= 4 is 38.5 Å². The third-order valence-corrected chi connectivity index (χ3v) is 11.1. The molecule has 4 aromatic heterocycles. The van der Waals surface area contributed by atoms with Crippen LogP contribution in [0.5, 0.6) is 6.01 Å². The summed E-state index contributed by atoms with van der Waals surface area (Å²) in [4.78, 5) is 31.8. The van der Waals surface area contributed by atoms with Gasteiger partial charge in [0, 0.05) is 62.7 Å². The third-order valence-electron chi connectivity index (χ3n) is 11.1. The fourth-order valence-electron chi connectivity index (χ4n) is 8.63. The van der Waals surface area contributed by atoms with Crippen LogP contribution in [-0.2, 0) is 19.5 Å². The normalized spacial score (nSPS) is 20.4. The van der Waals surface area contributed by atoms with Crippen LogP contribution >= 0.6 is 0 Å². The number of amides is 1. The Morgan fingerprint density at radius 3 is 2.85 bits per heavy atom. The Morgan fingerprint density at radius 2 is 2.00 bits per heavy atom. The third kappa shape index (κ3) is 5.13. The molecule has 3 aliphatic rings. The van der Waals surface area contributed by atoms with E-state index in [1.54, 1.807) is 26.5 Å². The van der Waals surface area contributed by atoms with Gasteiger partial charge in [-0.05, 0) is 61.2 Å². The molecule has 7 heterocycles. The Balaban J connectivity index is 1.30. The number of aromatic amines is 1. The number of hydrogen-bond acceptors (Lipinski definition) is 9. The molecule has 2 atom stereocenters. The lowest BCUT2D eigenvalue weighted by molar-refractivity contribution is 0.0821. The molecule has 2 saturated heterocycles. The highest BCUT2D eigenvalue weighted by atomic mass is 19.1. The molecule has 0 bridgehead atoms. The van der Waals surface area contributed by atoms with Crippen molar-refractivity contribution in [1.29, 1.82) is 0 Å². The molecule has 0 radical (unpaired) electrons. The molecule has 6 aromatic rings. The number of nitrogens with zero attached hydrogens (tertiary/aromatic N) is 8. The first-order valence-electron chi connectivity index (χ1n) is 18.0. The number of aromatic nitrogens is 7. The molecule has 2 aromatic carbocycles. The molecule has 0 spiro atoms. The molecular weight excluding hydrogens is 666 g/mol. The topological polar surface area (TPSA) is 130 Å². The molecule has 9 rings (SSSR count). The van der Waals surface area contributed by atoms with E-state index < -0.39 is 17.5 Å². The first-order valence-corrected chi connectivity index (χ1v) is 18.0. The van der Waals surface area contributed by atoms with Crippen molar-refractivity contribution in [2.45, 2.75) is 63.8 Å². The second kappa shape index (κ2) is 12.6. The van der Waals surface area contributed by atoms with Crippen LogP contribution in [-0.4, -0.2) is 103 Å². The van der Waals surface area contributed by atoms with Crippen LogP contribution in [0, 0.1) is 5.82 Å². The number of alkyl halides is 1. The van der Waals surface area contributed by atoms with Gasteiger partial charge < -0.3 is 15.0 Å². The van der Waals surface area contributed by atoms with E-state index >= 15 is 4.39 Å². The summed E-state index contributed by atoms with van der Waals surface area (Å²) in [5.41, 5.74) is 3.85. The standard InChI is InChI=1S/C38H40F2N10O2/c1-4-21-8-5-9-22-14-26-24(17-43-46-26)29(28(21)22)34-31(40)33-25(16-42-34)32(30-27-18-41-11-7-13-50(27)47-35(30)36(51)48(2)3)44-37(45-33)52-20-38-10-6-12-49(38)19-23(39)15-38/h5,8-9,14,16-17,23,41H,4,6-7,10-13,15,18-20H2,1-3H3,(H,43,46)/t23-,38+/m1/s1. The molecule has 2 N–H and O–H groups in total. The zero-order chi connectivity index (χ0) is 35.7. The average molecular weight is 707 g/mol. The molecule has 268 valence electrons. The number of rotatable bonds is 7. The number of halogens is 2. The van der Waals surface area contributed by atoms with Gasteiger partial charge in [0.2, 0.25) is 0 Å². The quantitative estimate of drug-likeness (QED) is 0.223. The van der Waals surface area contributed by atoms with Gasteiger partial charge in [0.1, 0.15) is 24.0 Å². The summed E-state index contributed by atoms with van der Waals surface area (Å²) >= 11 is 0. The number of ether oxygens (including phenoxy) is 1. The summed E-state index contributed by atoms with van der Waals surface area (Å²) in [6, 6.07) is 8.02. The van der Waals surface area contributed by atoms with Crippen LogP contribution in [0.25, 0.3) is 55.1 Å². The van der Waals surface area contributed by atoms with Gasteiger partial charge in [0.25, 0.3) is 5.91 Å². The minimum absolute atomic E-state index is 0.00739. The lowest BCUT2D eigenvalue weighted by Crippen LogP contribution is -2.43. The molecule has 52 heavy (non-hydrogen) atoms. The van der Waals surface area contributed by atoms with Crippen molar-refractivity contribution in [3.8, 4) is 28.5 Å². The zero-order valence-electron chi connectivity index (χ0n) is 29.5. The van der Waals surface area contributed by atoms with E-state index in [9.17, 15) is 9.18 Å². The Kier molecular flexibility index (Phi) is 7.92. The lowest BCUT2D eigenvalue weighted by atomic mass is 9.92. The number of aryl methyl sites for hydroxylation is 2. The maximum Gasteiger partial charge on any atom is 0.317 e. The second-order valence-electron chi connectivity index (χ2n) is 14.5. The van der Waals surface area contributed by atoms with E-state index in [4.69, 9.17) is 24.8 Å². The van der Waals surface area contributed by atoms with Crippen molar-refractivity contribution < 1.29 is 18.3 Å². The van der Waals surface area contributed by atoms with Gasteiger partial charge in [-0.25, -0.2) is 8.78 Å². The number of H-pyrrole nitrogens is 1. The highest BCUT2D eigenvalue weighted by molar-refractivity contribution is 6.13.